The first kappa shape index (κ1) is 28.2. The summed E-state index contributed by atoms with van der Waals surface area (Å²) < 4.78 is 67.5. The monoisotopic (exact) mass is 494 g/mol. The van der Waals surface area contributed by atoms with E-state index in [0.717, 1.165) is 23.4 Å². The summed E-state index contributed by atoms with van der Waals surface area (Å²) in [5, 5.41) is 0. The van der Waals surface area contributed by atoms with Crippen LogP contribution in [0.2, 0.25) is 0 Å². The van der Waals surface area contributed by atoms with Crippen LogP contribution in [0, 0.1) is 0 Å². The Bertz CT molecular complexity index is 1040. The first-order valence-electron chi connectivity index (χ1n) is 11.7. The molecule has 1 unspecified atom stereocenters. The Morgan fingerprint density at radius 2 is 2.00 bits per heavy atom. The van der Waals surface area contributed by atoms with Crippen LogP contribution >= 0.6 is 0 Å². The lowest BCUT2D eigenvalue weighted by atomic mass is 9.94. The molecule has 35 heavy (non-hydrogen) atoms. The number of likely N-dealkylation sites (tertiary alicyclic amines) is 1. The molecule has 1 saturated heterocycles. The van der Waals surface area contributed by atoms with Crippen LogP contribution in [0.5, 0.6) is 11.6 Å². The van der Waals surface area contributed by atoms with Crippen molar-refractivity contribution >= 4 is 0 Å². The van der Waals surface area contributed by atoms with Gasteiger partial charge >= 0.3 is 6.18 Å². The molecule has 0 saturated carbocycles. The molecule has 192 valence electrons. The number of methoxy groups -OCH3 is 1. The zero-order valence-electron chi connectivity index (χ0n) is 21.2. The predicted octanol–water partition coefficient (Wildman–Crippen LogP) is 7.48. The molecule has 0 N–H and O–H groups in total. The number of halogens is 4. The Balaban J connectivity index is 2.62. The van der Waals surface area contributed by atoms with Gasteiger partial charge in [-0.2, -0.15) is 13.2 Å². The van der Waals surface area contributed by atoms with Gasteiger partial charge < -0.3 is 14.4 Å². The van der Waals surface area contributed by atoms with Crippen LogP contribution < -0.4 is 9.47 Å². The molecule has 1 aliphatic heterocycles. The predicted molar refractivity (Wildman–Crippen MR) is 131 cm³/mol. The fourth-order valence-electron chi connectivity index (χ4n) is 3.73. The Morgan fingerprint density at radius 1 is 1.29 bits per heavy atom. The van der Waals surface area contributed by atoms with E-state index < -0.39 is 17.6 Å². The fraction of sp³-hybridized carbons (Fsp3) is 0.444. The Kier molecular flexibility index (Phi) is 10.2. The fourth-order valence-corrected chi connectivity index (χ4v) is 3.73. The Labute approximate surface area is 205 Å². The third-order valence-electron chi connectivity index (χ3n) is 5.83. The van der Waals surface area contributed by atoms with Crippen molar-refractivity contribution in [3.05, 3.63) is 76.4 Å². The zero-order chi connectivity index (χ0) is 26.2. The minimum absolute atomic E-state index is 0.0963. The molecule has 1 aliphatic rings. The molecule has 0 radical (unpaired) electrons. The number of aromatic nitrogens is 1. The highest BCUT2D eigenvalue weighted by molar-refractivity contribution is 5.56. The lowest BCUT2D eigenvalue weighted by molar-refractivity contribution is -0.0884. The van der Waals surface area contributed by atoms with Gasteiger partial charge in [-0.1, -0.05) is 31.6 Å². The molecule has 0 aliphatic carbocycles. The van der Waals surface area contributed by atoms with Gasteiger partial charge in [-0.25, -0.2) is 9.37 Å². The first-order valence-corrected chi connectivity index (χ1v) is 11.7. The topological polar surface area (TPSA) is 34.6 Å². The second kappa shape index (κ2) is 12.6. The van der Waals surface area contributed by atoms with E-state index in [-0.39, 0.29) is 18.1 Å². The Hall–Kier alpha value is -3.03. The molecule has 4 nitrogen and oxygen atoms in total. The molecule has 1 aromatic rings. The summed E-state index contributed by atoms with van der Waals surface area (Å²) in [6.07, 6.45) is 2.91. The van der Waals surface area contributed by atoms with Gasteiger partial charge in [0.05, 0.1) is 18.4 Å². The van der Waals surface area contributed by atoms with Gasteiger partial charge in [0, 0.05) is 37.8 Å². The third-order valence-corrected chi connectivity index (χ3v) is 5.83. The SMILES string of the molecule is C\C=C(F)/C(=C\C(=C\CC)C(F)(F)F)C(/C=C1/C(Oc2ccnc(OC)c2)CCN1C)=C(C)CC. The van der Waals surface area contributed by atoms with Crippen LogP contribution in [0.1, 0.15) is 47.0 Å². The lowest BCUT2D eigenvalue weighted by Crippen LogP contribution is -2.20. The summed E-state index contributed by atoms with van der Waals surface area (Å²) in [4.78, 5) is 6.05. The first-order chi connectivity index (χ1) is 16.5. The molecule has 0 spiro atoms. The van der Waals surface area contributed by atoms with Crippen molar-refractivity contribution in [2.45, 2.75) is 59.2 Å². The van der Waals surface area contributed by atoms with Gasteiger partial charge in [-0.3, -0.25) is 0 Å². The van der Waals surface area contributed by atoms with Gasteiger partial charge in [-0.15, -0.1) is 0 Å². The van der Waals surface area contributed by atoms with E-state index in [2.05, 4.69) is 4.98 Å². The van der Waals surface area contributed by atoms with E-state index >= 15 is 4.39 Å². The number of allylic oxidation sites excluding steroid dienone is 9. The van der Waals surface area contributed by atoms with Crippen molar-refractivity contribution in [1.29, 1.82) is 0 Å². The largest absolute Gasteiger partial charge is 0.484 e. The summed E-state index contributed by atoms with van der Waals surface area (Å²) in [7, 11) is 3.39. The number of hydrogen-bond acceptors (Lipinski definition) is 4. The average Bonchev–Trinajstić information content (AvgIpc) is 3.17. The van der Waals surface area contributed by atoms with Crippen molar-refractivity contribution < 1.29 is 27.0 Å². The smallest absolute Gasteiger partial charge is 0.416 e. The summed E-state index contributed by atoms with van der Waals surface area (Å²) >= 11 is 0. The lowest BCUT2D eigenvalue weighted by Gasteiger charge is -2.21. The minimum atomic E-state index is -4.59. The van der Waals surface area contributed by atoms with Crippen molar-refractivity contribution in [2.24, 2.45) is 0 Å². The third kappa shape index (κ3) is 7.47. The van der Waals surface area contributed by atoms with Crippen LogP contribution in [0.25, 0.3) is 0 Å². The second-order valence-electron chi connectivity index (χ2n) is 8.23. The number of pyridine rings is 1. The quantitative estimate of drug-likeness (QED) is 0.263. The van der Waals surface area contributed by atoms with Crippen molar-refractivity contribution in [3.63, 3.8) is 0 Å². The molecule has 0 bridgehead atoms. The molecule has 2 heterocycles. The van der Waals surface area contributed by atoms with E-state index in [4.69, 9.17) is 9.47 Å². The van der Waals surface area contributed by atoms with Crippen molar-refractivity contribution in [2.75, 3.05) is 20.7 Å². The highest BCUT2D eigenvalue weighted by atomic mass is 19.4. The number of nitrogens with zero attached hydrogens (tertiary/aromatic N) is 2. The van der Waals surface area contributed by atoms with Gasteiger partial charge in [0.25, 0.3) is 0 Å². The Morgan fingerprint density at radius 3 is 2.57 bits per heavy atom. The van der Waals surface area contributed by atoms with E-state index in [1.165, 1.54) is 20.1 Å². The molecule has 1 fully saturated rings. The van der Waals surface area contributed by atoms with Crippen LogP contribution in [0.4, 0.5) is 17.6 Å². The normalized spacial score (nSPS) is 19.8. The van der Waals surface area contributed by atoms with Crippen LogP contribution in [-0.4, -0.2) is 42.9 Å². The summed E-state index contributed by atoms with van der Waals surface area (Å²) in [6.45, 7) is 7.47. The maximum Gasteiger partial charge on any atom is 0.416 e. The number of hydrogen-bond donors (Lipinski definition) is 0. The van der Waals surface area contributed by atoms with Crippen molar-refractivity contribution in [1.82, 2.24) is 9.88 Å². The van der Waals surface area contributed by atoms with E-state index in [1.807, 2.05) is 18.9 Å². The minimum Gasteiger partial charge on any atom is -0.484 e. The van der Waals surface area contributed by atoms with Gasteiger partial charge in [0.1, 0.15) is 17.7 Å². The standard InChI is InChI=1S/C27H34F4N2O2/c1-7-10-19(27(29,30)31)15-22(23(28)9-3)21(18(4)8-2)17-24-25(12-14-33(24)5)35-20-11-13-32-26(16-20)34-6/h9-11,13,15-17,25H,7-8,12,14H2,1-6H3/b19-10-,21-18?,22-15-,23-9+,24-17-. The highest BCUT2D eigenvalue weighted by Crippen LogP contribution is 2.36. The van der Waals surface area contributed by atoms with E-state index in [9.17, 15) is 13.2 Å². The summed E-state index contributed by atoms with van der Waals surface area (Å²) in [6, 6.07) is 3.38. The van der Waals surface area contributed by atoms with Gasteiger partial charge in [0.15, 0.2) is 0 Å². The molecule has 1 aromatic heterocycles. The van der Waals surface area contributed by atoms with Crippen LogP contribution in [0.15, 0.2) is 76.4 Å². The number of alkyl halides is 3. The highest BCUT2D eigenvalue weighted by Gasteiger charge is 2.33. The number of likely N-dealkylation sites (N-methyl/N-ethyl adjacent to an activating group) is 1. The van der Waals surface area contributed by atoms with Gasteiger partial charge in [0.2, 0.25) is 5.88 Å². The van der Waals surface area contributed by atoms with Crippen LogP contribution in [-0.2, 0) is 0 Å². The molecule has 0 amide bonds. The summed E-state index contributed by atoms with van der Waals surface area (Å²) in [5.74, 6) is 0.249. The summed E-state index contributed by atoms with van der Waals surface area (Å²) in [5.41, 5.74) is 0.970. The number of ether oxygens (including phenoxy) is 2. The molecule has 2 rings (SSSR count). The maximum absolute atomic E-state index is 15.1. The maximum atomic E-state index is 15.1. The molecule has 1 atom stereocenters. The molecule has 8 heteroatoms. The van der Waals surface area contributed by atoms with E-state index in [0.29, 0.717) is 36.6 Å². The van der Waals surface area contributed by atoms with Gasteiger partial charge in [-0.05, 0) is 50.5 Å². The van der Waals surface area contributed by atoms with Crippen molar-refractivity contribution in [3.8, 4) is 11.6 Å². The molecular formula is C27H34F4N2O2. The van der Waals surface area contributed by atoms with E-state index in [1.54, 1.807) is 38.3 Å². The molecular weight excluding hydrogens is 460 g/mol. The zero-order valence-corrected chi connectivity index (χ0v) is 21.2. The average molecular weight is 495 g/mol. The number of rotatable bonds is 9. The second-order valence-corrected chi connectivity index (χ2v) is 8.23. The molecule has 0 aromatic carbocycles. The van der Waals surface area contributed by atoms with Crippen LogP contribution in [0.3, 0.4) is 0 Å².